The van der Waals surface area contributed by atoms with Gasteiger partial charge in [0, 0.05) is 62.8 Å². The Morgan fingerprint density at radius 1 is 1.03 bits per heavy atom. The van der Waals surface area contributed by atoms with Crippen molar-refractivity contribution < 1.29 is 9.59 Å². The number of piperazine rings is 1. The van der Waals surface area contributed by atoms with Gasteiger partial charge in [-0.15, -0.1) is 0 Å². The molecule has 32 heavy (non-hydrogen) atoms. The van der Waals surface area contributed by atoms with Crippen LogP contribution < -0.4 is 15.5 Å². The van der Waals surface area contributed by atoms with E-state index < -0.39 is 0 Å². The molecule has 3 aromatic rings. The number of nitrogens with one attached hydrogen (secondary N) is 2. The topological polar surface area (TPSA) is 95.4 Å². The van der Waals surface area contributed by atoms with Crippen molar-refractivity contribution >= 4 is 29.0 Å². The van der Waals surface area contributed by atoms with Gasteiger partial charge in [-0.1, -0.05) is 6.07 Å². The Kier molecular flexibility index (Phi) is 6.76. The number of hydrogen-bond acceptors (Lipinski definition) is 6. The molecule has 0 aliphatic carbocycles. The van der Waals surface area contributed by atoms with E-state index in [9.17, 15) is 9.59 Å². The molecule has 0 unspecified atom stereocenters. The summed E-state index contributed by atoms with van der Waals surface area (Å²) in [5.74, 6) is 0.533. The zero-order valence-electron chi connectivity index (χ0n) is 18.1. The number of rotatable bonds is 7. The maximum atomic E-state index is 12.7. The monoisotopic (exact) mass is 433 g/mol. The third kappa shape index (κ3) is 5.70. The fourth-order valence-electron chi connectivity index (χ4n) is 3.50. The molecule has 0 saturated carbocycles. The molecule has 1 fully saturated rings. The largest absolute Gasteiger partial charge is 0.354 e. The Hall–Kier alpha value is -3.72. The summed E-state index contributed by atoms with van der Waals surface area (Å²) < 4.78 is 1.84. The van der Waals surface area contributed by atoms with E-state index in [0.717, 1.165) is 32.0 Å². The number of aromatic nitrogens is 3. The van der Waals surface area contributed by atoms with Crippen LogP contribution in [0.5, 0.6) is 0 Å². The molecule has 1 aromatic carbocycles. The first kappa shape index (κ1) is 21.5. The first-order valence-electron chi connectivity index (χ1n) is 10.6. The molecule has 9 nitrogen and oxygen atoms in total. The van der Waals surface area contributed by atoms with Crippen LogP contribution in [0.4, 0.5) is 17.2 Å². The molecule has 4 rings (SSSR count). The van der Waals surface area contributed by atoms with Crippen LogP contribution in [0.2, 0.25) is 0 Å². The Morgan fingerprint density at radius 3 is 2.59 bits per heavy atom. The van der Waals surface area contributed by atoms with E-state index in [-0.39, 0.29) is 11.8 Å². The lowest BCUT2D eigenvalue weighted by Gasteiger charge is -2.33. The molecule has 9 heteroatoms. The Labute approximate surface area is 187 Å². The minimum absolute atomic E-state index is 0.125. The lowest BCUT2D eigenvalue weighted by molar-refractivity contribution is -0.116. The van der Waals surface area contributed by atoms with Crippen LogP contribution >= 0.6 is 0 Å². The molecule has 0 bridgehead atoms. The highest BCUT2D eigenvalue weighted by atomic mass is 16.2. The number of pyridine rings is 1. The fraction of sp³-hybridized carbons (Fsp3) is 0.304. The van der Waals surface area contributed by atoms with Crippen molar-refractivity contribution in [2.75, 3.05) is 48.8 Å². The van der Waals surface area contributed by atoms with Crippen molar-refractivity contribution in [3.63, 3.8) is 0 Å². The number of carbonyl (C=O) groups is 2. The smallest absolute Gasteiger partial charge is 0.255 e. The normalized spacial score (nSPS) is 14.2. The Morgan fingerprint density at radius 2 is 1.88 bits per heavy atom. The molecule has 2 N–H and O–H groups in total. The maximum Gasteiger partial charge on any atom is 0.255 e. The first-order valence-corrected chi connectivity index (χ1v) is 10.6. The number of hydrogen-bond donors (Lipinski definition) is 2. The second kappa shape index (κ2) is 10.1. The van der Waals surface area contributed by atoms with E-state index in [4.69, 9.17) is 0 Å². The molecule has 1 aliphatic heterocycles. The van der Waals surface area contributed by atoms with E-state index in [1.165, 1.54) is 0 Å². The predicted octanol–water partition coefficient (Wildman–Crippen LogP) is 2.31. The van der Waals surface area contributed by atoms with Crippen molar-refractivity contribution in [1.29, 1.82) is 0 Å². The van der Waals surface area contributed by atoms with Gasteiger partial charge in [0.15, 0.2) is 0 Å². The summed E-state index contributed by atoms with van der Waals surface area (Å²) in [7, 11) is 2.12. The molecule has 3 heterocycles. The number of likely N-dealkylation sites (N-methyl/N-ethyl adjacent to an activating group) is 1. The van der Waals surface area contributed by atoms with Crippen LogP contribution in [0, 0.1) is 0 Å². The second-order valence-corrected chi connectivity index (χ2v) is 7.83. The highest BCUT2D eigenvalue weighted by molar-refractivity contribution is 6.05. The van der Waals surface area contributed by atoms with Crippen molar-refractivity contribution in [3.8, 4) is 0 Å². The minimum atomic E-state index is -0.256. The zero-order valence-corrected chi connectivity index (χ0v) is 18.1. The van der Waals surface area contributed by atoms with Gasteiger partial charge in [0.25, 0.3) is 5.91 Å². The van der Waals surface area contributed by atoms with Gasteiger partial charge in [0.1, 0.15) is 5.82 Å². The summed E-state index contributed by atoms with van der Waals surface area (Å²) in [6.07, 6.45) is 7.15. The molecule has 1 saturated heterocycles. The number of amides is 2. The second-order valence-electron chi connectivity index (χ2n) is 7.83. The van der Waals surface area contributed by atoms with Crippen molar-refractivity contribution in [2.24, 2.45) is 0 Å². The van der Waals surface area contributed by atoms with E-state index in [2.05, 4.69) is 37.4 Å². The predicted molar refractivity (Wildman–Crippen MR) is 124 cm³/mol. The fourth-order valence-corrected chi connectivity index (χ4v) is 3.50. The molecular formula is C23H27N7O2. The van der Waals surface area contributed by atoms with Crippen molar-refractivity contribution in [1.82, 2.24) is 19.4 Å². The van der Waals surface area contributed by atoms with Gasteiger partial charge in [0.05, 0.1) is 18.2 Å². The molecular weight excluding hydrogens is 406 g/mol. The van der Waals surface area contributed by atoms with Gasteiger partial charge in [-0.25, -0.2) is 9.97 Å². The average molecular weight is 434 g/mol. The van der Waals surface area contributed by atoms with Gasteiger partial charge in [-0.2, -0.15) is 0 Å². The molecule has 2 amide bonds. The third-order valence-corrected chi connectivity index (χ3v) is 5.40. The van der Waals surface area contributed by atoms with Crippen molar-refractivity contribution in [2.45, 2.75) is 13.0 Å². The molecule has 0 radical (unpaired) electrons. The van der Waals surface area contributed by atoms with Gasteiger partial charge in [-0.05, 0) is 37.4 Å². The van der Waals surface area contributed by atoms with Crippen LogP contribution in [-0.4, -0.2) is 64.5 Å². The van der Waals surface area contributed by atoms with Gasteiger partial charge >= 0.3 is 0 Å². The molecule has 166 valence electrons. The van der Waals surface area contributed by atoms with Crippen molar-refractivity contribution in [3.05, 3.63) is 66.9 Å². The van der Waals surface area contributed by atoms with E-state index in [0.29, 0.717) is 29.9 Å². The van der Waals surface area contributed by atoms with Crippen LogP contribution in [0.15, 0.2) is 61.3 Å². The summed E-state index contributed by atoms with van der Waals surface area (Å²) in [5.41, 5.74) is 1.67. The Balaban J connectivity index is 1.31. The summed E-state index contributed by atoms with van der Waals surface area (Å²) in [5, 5.41) is 5.70. The maximum absolute atomic E-state index is 12.7. The molecule has 0 spiro atoms. The number of aryl methyl sites for hydroxylation is 1. The van der Waals surface area contributed by atoms with E-state index in [1.54, 1.807) is 43.0 Å². The first-order chi connectivity index (χ1) is 15.6. The third-order valence-electron chi connectivity index (χ3n) is 5.40. The number of nitrogens with zero attached hydrogens (tertiary/aromatic N) is 5. The number of carbonyl (C=O) groups excluding carboxylic acids is 2. The number of anilines is 3. The molecule has 1 aliphatic rings. The SMILES string of the molecule is CN1CCN(c2ccc(NC(=O)c3cccc(NC(=O)CCn4ccnc4)c3)cn2)CC1. The lowest BCUT2D eigenvalue weighted by atomic mass is 10.2. The van der Waals surface area contributed by atoms with Gasteiger partial charge in [0.2, 0.25) is 5.91 Å². The van der Waals surface area contributed by atoms with Crippen LogP contribution in [0.3, 0.4) is 0 Å². The van der Waals surface area contributed by atoms with Gasteiger partial charge in [-0.3, -0.25) is 9.59 Å². The summed E-state index contributed by atoms with van der Waals surface area (Å²) in [6, 6.07) is 10.7. The summed E-state index contributed by atoms with van der Waals surface area (Å²) >= 11 is 0. The molecule has 2 aromatic heterocycles. The highest BCUT2D eigenvalue weighted by Crippen LogP contribution is 2.17. The minimum Gasteiger partial charge on any atom is -0.354 e. The summed E-state index contributed by atoms with van der Waals surface area (Å²) in [6.45, 7) is 4.45. The van der Waals surface area contributed by atoms with E-state index >= 15 is 0 Å². The van der Waals surface area contributed by atoms with Crippen LogP contribution in [-0.2, 0) is 11.3 Å². The van der Waals surface area contributed by atoms with E-state index in [1.807, 2.05) is 22.9 Å². The number of benzene rings is 1. The zero-order chi connectivity index (χ0) is 22.3. The van der Waals surface area contributed by atoms with Crippen LogP contribution in [0.25, 0.3) is 0 Å². The van der Waals surface area contributed by atoms with Gasteiger partial charge < -0.3 is 25.0 Å². The molecule has 0 atom stereocenters. The Bertz CT molecular complexity index is 1040. The standard InChI is InChI=1S/C23H27N7O2/c1-28-11-13-30(14-12-28)21-6-5-20(16-25-21)27-23(32)18-3-2-4-19(15-18)26-22(31)7-9-29-10-8-24-17-29/h2-6,8,10,15-17H,7,9,11-14H2,1H3,(H,26,31)(H,27,32). The lowest BCUT2D eigenvalue weighted by Crippen LogP contribution is -2.44. The van der Waals surface area contributed by atoms with Crippen LogP contribution in [0.1, 0.15) is 16.8 Å². The average Bonchev–Trinajstić information content (AvgIpc) is 3.33. The summed E-state index contributed by atoms with van der Waals surface area (Å²) in [4.78, 5) is 37.9. The quantitative estimate of drug-likeness (QED) is 0.594. The highest BCUT2D eigenvalue weighted by Gasteiger charge is 2.15. The number of imidazole rings is 1.